The van der Waals surface area contributed by atoms with E-state index in [1.54, 1.807) is 71.1 Å². The molecule has 308 valence electrons. The Morgan fingerprint density at radius 3 is 1.58 bits per heavy atom. The molecule has 0 heterocycles. The number of carbonyl (C=O) groups is 2. The van der Waals surface area contributed by atoms with E-state index in [2.05, 4.69) is 42.5 Å². The van der Waals surface area contributed by atoms with Gasteiger partial charge in [-0.2, -0.15) is 0 Å². The summed E-state index contributed by atoms with van der Waals surface area (Å²) < 4.78 is 36.8. The SMILES string of the molecule is C.CN(C[C@H]1CCCc2cc(S(=O)(=O)c3ccccc3)ccc21)C(=O)OC(C)(C)C.CN(C[C@H]1CCCc2cc(Sc3ccccc3)ccc21)C(=O)OC(C)(C)C. The minimum Gasteiger partial charge on any atom is -0.444 e. The average Bonchev–Trinajstić information content (AvgIpc) is 3.14. The van der Waals surface area contributed by atoms with Crippen LogP contribution in [0.5, 0.6) is 0 Å². The van der Waals surface area contributed by atoms with Crippen LogP contribution < -0.4 is 0 Å². The molecule has 6 rings (SSSR count). The van der Waals surface area contributed by atoms with Crippen LogP contribution in [-0.2, 0) is 32.2 Å². The van der Waals surface area contributed by atoms with Crippen molar-refractivity contribution in [3.63, 3.8) is 0 Å². The summed E-state index contributed by atoms with van der Waals surface area (Å²) in [6.07, 6.45) is 5.59. The summed E-state index contributed by atoms with van der Waals surface area (Å²) in [6, 6.07) is 31.2. The van der Waals surface area contributed by atoms with E-state index < -0.39 is 21.0 Å². The van der Waals surface area contributed by atoms with Crippen molar-refractivity contribution in [2.75, 3.05) is 27.2 Å². The number of nitrogens with zero attached hydrogens (tertiary/aromatic N) is 2. The number of aryl methyl sites for hydroxylation is 2. The molecule has 0 N–H and O–H groups in total. The molecule has 2 atom stereocenters. The molecule has 0 fully saturated rings. The number of hydrogen-bond acceptors (Lipinski definition) is 7. The van der Waals surface area contributed by atoms with E-state index in [1.165, 1.54) is 27.3 Å². The predicted molar refractivity (Wildman–Crippen MR) is 231 cm³/mol. The van der Waals surface area contributed by atoms with Crippen LogP contribution in [-0.4, -0.2) is 68.8 Å². The second-order valence-corrected chi connectivity index (χ2v) is 19.9. The molecule has 2 aliphatic rings. The summed E-state index contributed by atoms with van der Waals surface area (Å²) in [7, 11) is 0.0506. The van der Waals surface area contributed by atoms with Gasteiger partial charge < -0.3 is 19.3 Å². The molecule has 0 saturated heterocycles. The van der Waals surface area contributed by atoms with Gasteiger partial charge in [0.15, 0.2) is 0 Å². The quantitative estimate of drug-likeness (QED) is 0.175. The van der Waals surface area contributed by atoms with Crippen molar-refractivity contribution in [2.24, 2.45) is 0 Å². The van der Waals surface area contributed by atoms with Crippen molar-refractivity contribution in [2.45, 2.75) is 130 Å². The first kappa shape index (κ1) is 45.4. The third kappa shape index (κ3) is 12.9. The minimum atomic E-state index is -3.53. The fraction of sp³-hybridized carbons (Fsp3) is 0.447. The molecule has 0 unspecified atom stereocenters. The van der Waals surface area contributed by atoms with E-state index in [0.717, 1.165) is 43.2 Å². The fourth-order valence-corrected chi connectivity index (χ4v) is 9.48. The summed E-state index contributed by atoms with van der Waals surface area (Å²) in [5.41, 5.74) is 3.99. The van der Waals surface area contributed by atoms with E-state index >= 15 is 0 Å². The monoisotopic (exact) mass is 814 g/mol. The molecule has 0 spiro atoms. The lowest BCUT2D eigenvalue weighted by Gasteiger charge is -2.31. The Labute approximate surface area is 346 Å². The fourth-order valence-electron chi connectivity index (χ4n) is 7.24. The molecular formula is C47H62N2O6S2. The lowest BCUT2D eigenvalue weighted by atomic mass is 9.82. The van der Waals surface area contributed by atoms with Gasteiger partial charge in [0.05, 0.1) is 9.79 Å². The van der Waals surface area contributed by atoms with Crippen molar-refractivity contribution < 1.29 is 27.5 Å². The molecule has 0 radical (unpaired) electrons. The summed E-state index contributed by atoms with van der Waals surface area (Å²) in [6.45, 7) is 12.5. The number of rotatable bonds is 8. The summed E-state index contributed by atoms with van der Waals surface area (Å²) in [4.78, 5) is 31.1. The molecule has 0 saturated carbocycles. The first-order chi connectivity index (χ1) is 26.4. The van der Waals surface area contributed by atoms with Crippen LogP contribution in [0.4, 0.5) is 9.59 Å². The summed E-state index contributed by atoms with van der Waals surface area (Å²) >= 11 is 1.80. The van der Waals surface area contributed by atoms with Crippen LogP contribution >= 0.6 is 11.8 Å². The number of sulfone groups is 1. The highest BCUT2D eigenvalue weighted by atomic mass is 32.2. The van der Waals surface area contributed by atoms with Gasteiger partial charge in [0.25, 0.3) is 0 Å². The molecule has 10 heteroatoms. The van der Waals surface area contributed by atoms with Crippen molar-refractivity contribution >= 4 is 33.8 Å². The second-order valence-electron chi connectivity index (χ2n) is 16.9. The Balaban J connectivity index is 0.000000249. The minimum absolute atomic E-state index is 0. The topological polar surface area (TPSA) is 93.2 Å². The highest BCUT2D eigenvalue weighted by molar-refractivity contribution is 7.99. The van der Waals surface area contributed by atoms with Crippen LogP contribution in [0.3, 0.4) is 0 Å². The molecule has 2 amide bonds. The standard InChI is InChI=1S/C23H29NO4S.C23H29NO2S.CH4/c1-23(2,3)28-22(25)24(4)16-18-10-8-9-17-15-20(13-14-21(17)18)29(26,27)19-11-6-5-7-12-19;1-23(2,3)26-22(25)24(4)16-18-10-8-9-17-15-20(13-14-21(17)18)27-19-11-6-5-7-12-19;/h5-7,11-15,18H,8-10,16H2,1-4H3;5-7,11-15,18H,8-10,16H2,1-4H3;1H4/t2*18-;/m11./s1. The van der Waals surface area contributed by atoms with Gasteiger partial charge in [0.1, 0.15) is 11.2 Å². The van der Waals surface area contributed by atoms with E-state index in [4.69, 9.17) is 9.47 Å². The van der Waals surface area contributed by atoms with Gasteiger partial charge in [0, 0.05) is 48.8 Å². The largest absolute Gasteiger partial charge is 0.444 e. The molecule has 4 aromatic rings. The Kier molecular flexibility index (Phi) is 15.5. The Hall–Kier alpha value is -4.28. The van der Waals surface area contributed by atoms with Crippen LogP contribution in [0.25, 0.3) is 0 Å². The van der Waals surface area contributed by atoms with E-state index in [9.17, 15) is 18.0 Å². The van der Waals surface area contributed by atoms with E-state index in [0.29, 0.717) is 28.8 Å². The highest BCUT2D eigenvalue weighted by Gasteiger charge is 2.29. The number of ether oxygens (including phenoxy) is 2. The van der Waals surface area contributed by atoms with E-state index in [1.807, 2.05) is 60.7 Å². The smallest absolute Gasteiger partial charge is 0.410 e. The highest BCUT2D eigenvalue weighted by Crippen LogP contribution is 2.37. The number of benzene rings is 4. The number of amides is 2. The third-order valence-corrected chi connectivity index (χ3v) is 12.6. The number of hydrogen-bond donors (Lipinski definition) is 0. The zero-order valence-electron chi connectivity index (χ0n) is 34.2. The molecule has 8 nitrogen and oxygen atoms in total. The molecule has 2 aliphatic carbocycles. The number of carbonyl (C=O) groups excluding carboxylic acids is 2. The third-order valence-electron chi connectivity index (χ3n) is 9.85. The second kappa shape index (κ2) is 19.4. The van der Waals surface area contributed by atoms with Crippen LogP contribution in [0, 0.1) is 0 Å². The van der Waals surface area contributed by atoms with Crippen LogP contribution in [0.1, 0.15) is 109 Å². The summed E-state index contributed by atoms with van der Waals surface area (Å²) in [5.74, 6) is 0.548. The van der Waals surface area contributed by atoms with Gasteiger partial charge in [-0.25, -0.2) is 18.0 Å². The van der Waals surface area contributed by atoms with E-state index in [-0.39, 0.29) is 25.5 Å². The maximum atomic E-state index is 12.9. The maximum Gasteiger partial charge on any atom is 0.410 e. The lowest BCUT2D eigenvalue weighted by Crippen LogP contribution is -2.37. The van der Waals surface area contributed by atoms with Gasteiger partial charge in [-0.15, -0.1) is 0 Å². The van der Waals surface area contributed by atoms with Crippen LogP contribution in [0.2, 0.25) is 0 Å². The molecule has 0 bridgehead atoms. The first-order valence-electron chi connectivity index (χ1n) is 19.6. The molecule has 57 heavy (non-hydrogen) atoms. The first-order valence-corrected chi connectivity index (χ1v) is 21.9. The predicted octanol–water partition coefficient (Wildman–Crippen LogP) is 11.6. The van der Waals surface area contributed by atoms with Crippen molar-refractivity contribution in [3.8, 4) is 0 Å². The van der Waals surface area contributed by atoms with Gasteiger partial charge in [-0.1, -0.05) is 67.7 Å². The van der Waals surface area contributed by atoms with Gasteiger partial charge >= 0.3 is 12.2 Å². The zero-order chi connectivity index (χ0) is 40.7. The normalized spacial score (nSPS) is 16.4. The van der Waals surface area contributed by atoms with Crippen molar-refractivity contribution in [1.82, 2.24) is 9.80 Å². The Bertz CT molecular complexity index is 2060. The molecular weight excluding hydrogens is 753 g/mol. The number of likely N-dealkylation sites (N-methyl/N-ethyl adjacent to an activating group) is 2. The maximum absolute atomic E-state index is 12.9. The van der Waals surface area contributed by atoms with Crippen molar-refractivity contribution in [3.05, 3.63) is 119 Å². The van der Waals surface area contributed by atoms with Crippen LogP contribution in [0.15, 0.2) is 117 Å². The van der Waals surface area contributed by atoms with Crippen molar-refractivity contribution in [1.29, 1.82) is 0 Å². The zero-order valence-corrected chi connectivity index (χ0v) is 35.8. The average molecular weight is 815 g/mol. The Morgan fingerprint density at radius 2 is 1.09 bits per heavy atom. The number of fused-ring (bicyclic) bond motifs is 2. The van der Waals surface area contributed by atoms with Gasteiger partial charge in [0.2, 0.25) is 9.84 Å². The molecule has 0 aromatic heterocycles. The lowest BCUT2D eigenvalue weighted by molar-refractivity contribution is 0.0276. The Morgan fingerprint density at radius 1 is 0.632 bits per heavy atom. The summed E-state index contributed by atoms with van der Waals surface area (Å²) in [5, 5.41) is 0. The van der Waals surface area contributed by atoms with Gasteiger partial charge in [-0.05, 0) is 151 Å². The van der Waals surface area contributed by atoms with Gasteiger partial charge in [-0.3, -0.25) is 0 Å². The molecule has 4 aromatic carbocycles. The molecule has 0 aliphatic heterocycles.